The molecule has 1 aromatic carbocycles. The molecule has 0 bridgehead atoms. The van der Waals surface area contributed by atoms with Crippen LogP contribution >= 0.6 is 0 Å². The van der Waals surface area contributed by atoms with Crippen LogP contribution in [0.3, 0.4) is 0 Å². The molecule has 1 aliphatic rings. The zero-order chi connectivity index (χ0) is 25.3. The molecular formula is C29H46N2O4. The number of phenols is 1. The van der Waals surface area contributed by atoms with Gasteiger partial charge in [0.2, 0.25) is 0 Å². The number of carbonyl (C=O) groups excluding carboxylic acids is 2. The molecule has 0 saturated heterocycles. The van der Waals surface area contributed by atoms with Crippen LogP contribution in [-0.4, -0.2) is 24.2 Å². The Hall–Kier alpha value is -2.50. The van der Waals surface area contributed by atoms with Gasteiger partial charge in [0.1, 0.15) is 5.75 Å². The average Bonchev–Trinajstić information content (AvgIpc) is 2.85. The summed E-state index contributed by atoms with van der Waals surface area (Å²) in [5, 5.41) is 15.5. The maximum absolute atomic E-state index is 12.6. The highest BCUT2D eigenvalue weighted by molar-refractivity contribution is 5.95. The highest BCUT2D eigenvalue weighted by Crippen LogP contribution is 2.31. The summed E-state index contributed by atoms with van der Waals surface area (Å²) in [7, 11) is 1.34. The van der Waals surface area contributed by atoms with Crippen LogP contribution in [0.25, 0.3) is 0 Å². The standard InChI is InChI=1S/C29H46N2O4/c1-3-4-5-6-7-8-9-10-11-12-13-14-15-16-17-21-25-26(28(33)35-2)27(31-29(34)30-25)23-19-18-20-24(32)22-23/h18-20,22,27,32H,3-17,21H2,1-2H3,(H2,30,31,34). The third-order valence-corrected chi connectivity index (χ3v) is 6.79. The number of phenolic OH excluding ortho intramolecular Hbond substituents is 1. The molecule has 3 N–H and O–H groups in total. The second kappa shape index (κ2) is 17.0. The Morgan fingerprint density at radius 1 is 0.886 bits per heavy atom. The molecule has 1 aliphatic heterocycles. The Morgan fingerprint density at radius 2 is 1.43 bits per heavy atom. The van der Waals surface area contributed by atoms with Crippen LogP contribution in [0.2, 0.25) is 0 Å². The molecule has 1 unspecified atom stereocenters. The zero-order valence-corrected chi connectivity index (χ0v) is 21.9. The van der Waals surface area contributed by atoms with Gasteiger partial charge < -0.3 is 20.5 Å². The van der Waals surface area contributed by atoms with Crippen molar-refractivity contribution in [2.75, 3.05) is 7.11 Å². The van der Waals surface area contributed by atoms with Crippen molar-refractivity contribution in [2.45, 2.75) is 116 Å². The number of carbonyl (C=O) groups is 2. The number of allylic oxidation sites excluding steroid dienone is 1. The third-order valence-electron chi connectivity index (χ3n) is 6.79. The van der Waals surface area contributed by atoms with Crippen LogP contribution in [0.1, 0.15) is 121 Å². The van der Waals surface area contributed by atoms with E-state index in [9.17, 15) is 14.7 Å². The number of ether oxygens (including phenoxy) is 1. The predicted octanol–water partition coefficient (Wildman–Crippen LogP) is 7.43. The molecule has 0 radical (unpaired) electrons. The van der Waals surface area contributed by atoms with E-state index in [-0.39, 0.29) is 11.8 Å². The van der Waals surface area contributed by atoms with Crippen molar-refractivity contribution in [3.63, 3.8) is 0 Å². The van der Waals surface area contributed by atoms with E-state index < -0.39 is 12.0 Å². The summed E-state index contributed by atoms with van der Waals surface area (Å²) in [5.41, 5.74) is 1.67. The third kappa shape index (κ3) is 10.7. The number of esters is 1. The molecule has 1 aromatic rings. The minimum absolute atomic E-state index is 0.0865. The largest absolute Gasteiger partial charge is 0.508 e. The number of aromatic hydroxyl groups is 1. The first-order valence-electron chi connectivity index (χ1n) is 13.7. The Bertz CT molecular complexity index is 806. The minimum Gasteiger partial charge on any atom is -0.508 e. The lowest BCUT2D eigenvalue weighted by Gasteiger charge is -2.29. The number of rotatable bonds is 18. The lowest BCUT2D eigenvalue weighted by Crippen LogP contribution is -2.45. The lowest BCUT2D eigenvalue weighted by molar-refractivity contribution is -0.136. The summed E-state index contributed by atoms with van der Waals surface area (Å²) < 4.78 is 5.02. The molecular weight excluding hydrogens is 440 g/mol. The van der Waals surface area contributed by atoms with Crippen molar-refractivity contribution in [3.8, 4) is 5.75 Å². The number of hydrogen-bond donors (Lipinski definition) is 3. The number of hydrogen-bond acceptors (Lipinski definition) is 4. The van der Waals surface area contributed by atoms with E-state index in [0.29, 0.717) is 23.3 Å². The van der Waals surface area contributed by atoms with Gasteiger partial charge in [-0.2, -0.15) is 0 Å². The summed E-state index contributed by atoms with van der Waals surface area (Å²) in [6.07, 6.45) is 20.0. The number of unbranched alkanes of at least 4 members (excludes halogenated alkanes) is 14. The van der Waals surface area contributed by atoms with Gasteiger partial charge in [-0.3, -0.25) is 0 Å². The van der Waals surface area contributed by atoms with E-state index in [1.807, 2.05) is 0 Å². The van der Waals surface area contributed by atoms with E-state index in [1.54, 1.807) is 24.3 Å². The van der Waals surface area contributed by atoms with Crippen molar-refractivity contribution in [1.29, 1.82) is 0 Å². The molecule has 35 heavy (non-hydrogen) atoms. The number of nitrogens with one attached hydrogen (secondary N) is 2. The molecule has 0 fully saturated rings. The van der Waals surface area contributed by atoms with Crippen molar-refractivity contribution in [2.24, 2.45) is 0 Å². The van der Waals surface area contributed by atoms with Crippen molar-refractivity contribution in [1.82, 2.24) is 10.6 Å². The summed E-state index contributed by atoms with van der Waals surface area (Å²) in [4.78, 5) is 24.9. The predicted molar refractivity (Wildman–Crippen MR) is 141 cm³/mol. The summed E-state index contributed by atoms with van der Waals surface area (Å²) in [5.74, 6) is -0.384. The summed E-state index contributed by atoms with van der Waals surface area (Å²) in [6, 6.07) is 5.61. The molecule has 6 heteroatoms. The fourth-order valence-electron chi connectivity index (χ4n) is 4.79. The van der Waals surface area contributed by atoms with Crippen molar-refractivity contribution in [3.05, 3.63) is 41.1 Å². The van der Waals surface area contributed by atoms with Gasteiger partial charge in [-0.05, 0) is 30.5 Å². The van der Waals surface area contributed by atoms with Crippen LogP contribution in [-0.2, 0) is 9.53 Å². The van der Waals surface area contributed by atoms with Gasteiger partial charge in [0.15, 0.2) is 0 Å². The Morgan fingerprint density at radius 3 is 1.94 bits per heavy atom. The fraction of sp³-hybridized carbons (Fsp3) is 0.655. The Labute approximate surface area is 211 Å². The van der Waals surface area contributed by atoms with Gasteiger partial charge in [-0.1, -0.05) is 109 Å². The molecule has 0 saturated carbocycles. The van der Waals surface area contributed by atoms with Crippen molar-refractivity contribution < 1.29 is 19.4 Å². The number of methoxy groups -OCH3 is 1. The summed E-state index contributed by atoms with van der Waals surface area (Å²) >= 11 is 0. The first-order valence-corrected chi connectivity index (χ1v) is 13.7. The average molecular weight is 487 g/mol. The van der Waals surface area contributed by atoms with Crippen LogP contribution in [0.15, 0.2) is 35.5 Å². The number of benzene rings is 1. The van der Waals surface area contributed by atoms with Gasteiger partial charge >= 0.3 is 12.0 Å². The monoisotopic (exact) mass is 486 g/mol. The first kappa shape index (κ1) is 28.7. The maximum Gasteiger partial charge on any atom is 0.337 e. The van der Waals surface area contributed by atoms with Gasteiger partial charge in [-0.25, -0.2) is 9.59 Å². The summed E-state index contributed by atoms with van der Waals surface area (Å²) in [6.45, 7) is 2.27. The second-order valence-electron chi connectivity index (χ2n) is 9.71. The zero-order valence-electron chi connectivity index (χ0n) is 21.9. The molecule has 0 aliphatic carbocycles. The highest BCUT2D eigenvalue weighted by atomic mass is 16.5. The number of urea groups is 1. The topological polar surface area (TPSA) is 87.7 Å². The van der Waals surface area contributed by atoms with Crippen LogP contribution in [0.4, 0.5) is 4.79 Å². The molecule has 0 spiro atoms. The molecule has 196 valence electrons. The normalized spacial score (nSPS) is 15.6. The van der Waals surface area contributed by atoms with E-state index in [2.05, 4.69) is 17.6 Å². The molecule has 2 rings (SSSR count). The van der Waals surface area contributed by atoms with Gasteiger partial charge in [0.05, 0.1) is 18.7 Å². The van der Waals surface area contributed by atoms with E-state index >= 15 is 0 Å². The SMILES string of the molecule is CCCCCCCCCCCCCCCCCC1=C(C(=O)OC)C(c2cccc(O)c2)NC(=O)N1. The van der Waals surface area contributed by atoms with Crippen LogP contribution < -0.4 is 10.6 Å². The molecule has 6 nitrogen and oxygen atoms in total. The molecule has 1 atom stereocenters. The van der Waals surface area contributed by atoms with Crippen LogP contribution in [0.5, 0.6) is 5.75 Å². The number of amides is 2. The van der Waals surface area contributed by atoms with Gasteiger partial charge in [0.25, 0.3) is 0 Å². The maximum atomic E-state index is 12.6. The van der Waals surface area contributed by atoms with E-state index in [4.69, 9.17) is 4.74 Å². The molecule has 0 aromatic heterocycles. The second-order valence-corrected chi connectivity index (χ2v) is 9.71. The molecule has 2 amide bonds. The van der Waals surface area contributed by atoms with E-state index in [1.165, 1.54) is 90.6 Å². The van der Waals surface area contributed by atoms with Gasteiger partial charge in [-0.15, -0.1) is 0 Å². The minimum atomic E-state index is -0.644. The van der Waals surface area contributed by atoms with E-state index in [0.717, 1.165) is 12.8 Å². The van der Waals surface area contributed by atoms with Gasteiger partial charge in [0, 0.05) is 5.70 Å². The lowest BCUT2D eigenvalue weighted by atomic mass is 9.93. The quantitative estimate of drug-likeness (QED) is 0.149. The molecule has 1 heterocycles. The fourth-order valence-corrected chi connectivity index (χ4v) is 4.79. The first-order chi connectivity index (χ1) is 17.1. The highest BCUT2D eigenvalue weighted by Gasteiger charge is 2.33. The van der Waals surface area contributed by atoms with Crippen LogP contribution in [0, 0.1) is 0 Å². The smallest absolute Gasteiger partial charge is 0.337 e. The Kier molecular flexibility index (Phi) is 14.0. The Balaban J connectivity index is 1.69. The van der Waals surface area contributed by atoms with Crippen molar-refractivity contribution >= 4 is 12.0 Å².